The maximum absolute atomic E-state index is 6.10. The second-order valence-corrected chi connectivity index (χ2v) is 4.80. The Kier molecular flexibility index (Phi) is 6.18. The van der Waals surface area contributed by atoms with Crippen molar-refractivity contribution in [3.8, 4) is 0 Å². The first-order valence-electron chi connectivity index (χ1n) is 5.84. The van der Waals surface area contributed by atoms with E-state index in [2.05, 4.69) is 19.2 Å². The van der Waals surface area contributed by atoms with E-state index < -0.39 is 0 Å². The van der Waals surface area contributed by atoms with Crippen LogP contribution in [0.3, 0.4) is 0 Å². The minimum absolute atomic E-state index is 0.617. The molecule has 0 fully saturated rings. The summed E-state index contributed by atoms with van der Waals surface area (Å²) < 4.78 is 0. The summed E-state index contributed by atoms with van der Waals surface area (Å²) in [6.45, 7) is 5.38. The molecule has 0 atom stereocenters. The van der Waals surface area contributed by atoms with Gasteiger partial charge in [-0.3, -0.25) is 0 Å². The second kappa shape index (κ2) is 7.16. The third kappa shape index (κ3) is 4.32. The Morgan fingerprint density at radius 2 is 1.88 bits per heavy atom. The van der Waals surface area contributed by atoms with Crippen molar-refractivity contribution in [3.05, 3.63) is 33.8 Å². The number of halogens is 2. The van der Waals surface area contributed by atoms with Crippen LogP contribution in [0.15, 0.2) is 18.2 Å². The molecule has 0 unspecified atom stereocenters. The molecule has 0 aliphatic heterocycles. The molecule has 0 radical (unpaired) electrons. The molecule has 0 aromatic heterocycles. The zero-order valence-electron chi connectivity index (χ0n) is 9.89. The summed E-state index contributed by atoms with van der Waals surface area (Å²) in [6.07, 6.45) is 3.29. The van der Waals surface area contributed by atoms with Crippen molar-refractivity contribution in [1.29, 1.82) is 0 Å². The molecular weight excluding hydrogens is 241 g/mol. The van der Waals surface area contributed by atoms with E-state index in [9.17, 15) is 0 Å². The lowest BCUT2D eigenvalue weighted by molar-refractivity contribution is 0.488. The normalized spacial score (nSPS) is 11.1. The van der Waals surface area contributed by atoms with E-state index in [0.29, 0.717) is 11.1 Å². The summed E-state index contributed by atoms with van der Waals surface area (Å²) in [7, 11) is 0. The molecule has 0 saturated heterocycles. The minimum Gasteiger partial charge on any atom is -0.314 e. The van der Waals surface area contributed by atoms with Gasteiger partial charge in [-0.1, -0.05) is 43.1 Å². The summed E-state index contributed by atoms with van der Waals surface area (Å²) in [5, 5.41) is 4.98. The van der Waals surface area contributed by atoms with Gasteiger partial charge in [-0.05, 0) is 43.5 Å². The van der Waals surface area contributed by atoms with Crippen molar-refractivity contribution < 1.29 is 0 Å². The van der Waals surface area contributed by atoms with Crippen molar-refractivity contribution in [2.75, 3.05) is 6.54 Å². The molecule has 1 aromatic rings. The molecule has 1 rings (SSSR count). The van der Waals surface area contributed by atoms with Crippen LogP contribution in [0.5, 0.6) is 0 Å². The molecule has 0 aliphatic rings. The highest BCUT2D eigenvalue weighted by Crippen LogP contribution is 2.21. The highest BCUT2D eigenvalue weighted by molar-refractivity contribution is 6.35. The monoisotopic (exact) mass is 259 g/mol. The fraction of sp³-hybridized carbons (Fsp3) is 0.538. The predicted molar refractivity (Wildman–Crippen MR) is 72.5 cm³/mol. The highest BCUT2D eigenvalue weighted by Gasteiger charge is 2.04. The Morgan fingerprint density at radius 1 is 1.19 bits per heavy atom. The van der Waals surface area contributed by atoms with Crippen LogP contribution < -0.4 is 5.32 Å². The third-order valence-corrected chi connectivity index (χ3v) is 3.42. The Labute approximate surface area is 108 Å². The predicted octanol–water partition coefficient (Wildman–Crippen LogP) is 4.31. The summed E-state index contributed by atoms with van der Waals surface area (Å²) >= 11 is 11.9. The third-order valence-electron chi connectivity index (χ3n) is 2.83. The van der Waals surface area contributed by atoms with Gasteiger partial charge in [-0.2, -0.15) is 0 Å². The Balaban J connectivity index is 2.42. The fourth-order valence-electron chi connectivity index (χ4n) is 1.71. The van der Waals surface area contributed by atoms with Crippen LogP contribution in [0, 0.1) is 0 Å². The molecule has 0 spiro atoms. The minimum atomic E-state index is 0.617. The number of hydrogen-bond donors (Lipinski definition) is 1. The summed E-state index contributed by atoms with van der Waals surface area (Å²) in [6, 6.07) is 6.31. The molecule has 16 heavy (non-hydrogen) atoms. The van der Waals surface area contributed by atoms with E-state index in [1.807, 2.05) is 12.1 Å². The molecule has 90 valence electrons. The van der Waals surface area contributed by atoms with E-state index in [-0.39, 0.29) is 0 Å². The van der Waals surface area contributed by atoms with Gasteiger partial charge in [0, 0.05) is 16.1 Å². The number of nitrogens with one attached hydrogen (secondary N) is 1. The zero-order valence-corrected chi connectivity index (χ0v) is 11.4. The van der Waals surface area contributed by atoms with E-state index in [0.717, 1.165) is 23.6 Å². The zero-order chi connectivity index (χ0) is 12.0. The Bertz CT molecular complexity index is 322. The standard InChI is InChI=1S/C13H19Cl2N/c1-3-12(4-2)16-8-7-10-5-6-11(14)9-13(10)15/h5-6,9,12,16H,3-4,7-8H2,1-2H3. The molecular formula is C13H19Cl2N. The number of benzene rings is 1. The Morgan fingerprint density at radius 3 is 2.44 bits per heavy atom. The molecule has 3 heteroatoms. The lowest BCUT2D eigenvalue weighted by Gasteiger charge is -2.14. The molecule has 0 bridgehead atoms. The molecule has 0 amide bonds. The van der Waals surface area contributed by atoms with E-state index >= 15 is 0 Å². The average molecular weight is 260 g/mol. The molecule has 0 aliphatic carbocycles. The van der Waals surface area contributed by atoms with E-state index in [4.69, 9.17) is 23.2 Å². The van der Waals surface area contributed by atoms with E-state index in [1.165, 1.54) is 12.8 Å². The largest absolute Gasteiger partial charge is 0.314 e. The second-order valence-electron chi connectivity index (χ2n) is 3.95. The van der Waals surface area contributed by atoms with Crippen LogP contribution in [0.25, 0.3) is 0 Å². The first-order chi connectivity index (χ1) is 7.67. The maximum Gasteiger partial charge on any atom is 0.0453 e. The Hall–Kier alpha value is -0.240. The number of hydrogen-bond acceptors (Lipinski definition) is 1. The van der Waals surface area contributed by atoms with Crippen LogP contribution in [0.2, 0.25) is 10.0 Å². The van der Waals surface area contributed by atoms with Crippen molar-refractivity contribution >= 4 is 23.2 Å². The van der Waals surface area contributed by atoms with Gasteiger partial charge in [0.2, 0.25) is 0 Å². The average Bonchev–Trinajstić information content (AvgIpc) is 2.27. The molecule has 1 aromatic carbocycles. The van der Waals surface area contributed by atoms with Crippen LogP contribution in [-0.4, -0.2) is 12.6 Å². The first kappa shape index (κ1) is 13.8. The van der Waals surface area contributed by atoms with E-state index in [1.54, 1.807) is 6.07 Å². The summed E-state index contributed by atoms with van der Waals surface area (Å²) in [5.74, 6) is 0. The van der Waals surface area contributed by atoms with Gasteiger partial charge in [0.25, 0.3) is 0 Å². The topological polar surface area (TPSA) is 12.0 Å². The highest BCUT2D eigenvalue weighted by atomic mass is 35.5. The lowest BCUT2D eigenvalue weighted by Crippen LogP contribution is -2.29. The fourth-order valence-corrected chi connectivity index (χ4v) is 2.22. The smallest absolute Gasteiger partial charge is 0.0453 e. The van der Waals surface area contributed by atoms with Gasteiger partial charge in [-0.25, -0.2) is 0 Å². The van der Waals surface area contributed by atoms with Gasteiger partial charge in [0.05, 0.1) is 0 Å². The quantitative estimate of drug-likeness (QED) is 0.803. The van der Waals surface area contributed by atoms with Crippen molar-refractivity contribution in [2.45, 2.75) is 39.2 Å². The van der Waals surface area contributed by atoms with Crippen molar-refractivity contribution in [2.24, 2.45) is 0 Å². The van der Waals surface area contributed by atoms with Gasteiger partial charge in [-0.15, -0.1) is 0 Å². The molecule has 1 nitrogen and oxygen atoms in total. The summed E-state index contributed by atoms with van der Waals surface area (Å²) in [5.41, 5.74) is 1.16. The van der Waals surface area contributed by atoms with Crippen LogP contribution in [0.1, 0.15) is 32.3 Å². The van der Waals surface area contributed by atoms with Crippen LogP contribution in [-0.2, 0) is 6.42 Å². The van der Waals surface area contributed by atoms with Crippen LogP contribution >= 0.6 is 23.2 Å². The molecule has 0 heterocycles. The molecule has 1 N–H and O–H groups in total. The van der Waals surface area contributed by atoms with Gasteiger partial charge >= 0.3 is 0 Å². The van der Waals surface area contributed by atoms with Gasteiger partial charge in [0.15, 0.2) is 0 Å². The number of rotatable bonds is 6. The maximum atomic E-state index is 6.10. The first-order valence-corrected chi connectivity index (χ1v) is 6.60. The SMILES string of the molecule is CCC(CC)NCCc1ccc(Cl)cc1Cl. The molecule has 0 saturated carbocycles. The van der Waals surface area contributed by atoms with Crippen molar-refractivity contribution in [3.63, 3.8) is 0 Å². The van der Waals surface area contributed by atoms with Crippen molar-refractivity contribution in [1.82, 2.24) is 5.32 Å². The van der Waals surface area contributed by atoms with Crippen LogP contribution in [0.4, 0.5) is 0 Å². The van der Waals surface area contributed by atoms with Gasteiger partial charge < -0.3 is 5.32 Å². The van der Waals surface area contributed by atoms with Gasteiger partial charge in [0.1, 0.15) is 0 Å². The lowest BCUT2D eigenvalue weighted by atomic mass is 10.1. The summed E-state index contributed by atoms with van der Waals surface area (Å²) in [4.78, 5) is 0.